The Kier molecular flexibility index (Phi) is 11.8. The summed E-state index contributed by atoms with van der Waals surface area (Å²) in [6, 6.07) is 0. The molecule has 0 aromatic rings. The van der Waals surface area contributed by atoms with E-state index in [9.17, 15) is 10.2 Å². The average molecular weight is 262 g/mol. The molecule has 0 radical (unpaired) electrons. The van der Waals surface area contributed by atoms with Crippen LogP contribution in [0.15, 0.2) is 0 Å². The van der Waals surface area contributed by atoms with Crippen LogP contribution in [-0.2, 0) is 4.74 Å². The highest BCUT2D eigenvalue weighted by atomic mass is 16.6. The highest BCUT2D eigenvalue weighted by Gasteiger charge is 2.14. The molecule has 4 heteroatoms. The minimum Gasteiger partial charge on any atom is -0.396 e. The van der Waals surface area contributed by atoms with Crippen molar-refractivity contribution < 1.29 is 20.1 Å². The third-order valence-electron chi connectivity index (χ3n) is 3.04. The van der Waals surface area contributed by atoms with E-state index in [1.165, 1.54) is 25.7 Å². The molecule has 3 atom stereocenters. The van der Waals surface area contributed by atoms with Crippen LogP contribution in [0.5, 0.6) is 0 Å². The Hall–Kier alpha value is -0.160. The van der Waals surface area contributed by atoms with Crippen molar-refractivity contribution in [3.8, 4) is 0 Å². The van der Waals surface area contributed by atoms with Crippen LogP contribution in [-0.4, -0.2) is 40.4 Å². The standard InChI is InChI=1S/C14H30O4/c1-3-4-5-6-7-8-12(2)18-14(17)11-13(16)9-10-15/h12-17H,3-11H2,1-2H3. The van der Waals surface area contributed by atoms with Crippen LogP contribution in [0.2, 0.25) is 0 Å². The molecule has 18 heavy (non-hydrogen) atoms. The van der Waals surface area contributed by atoms with Gasteiger partial charge in [-0.05, 0) is 19.8 Å². The Bertz CT molecular complexity index is 175. The van der Waals surface area contributed by atoms with Gasteiger partial charge >= 0.3 is 0 Å². The third-order valence-corrected chi connectivity index (χ3v) is 3.04. The first-order chi connectivity index (χ1) is 8.60. The van der Waals surface area contributed by atoms with Gasteiger partial charge in [-0.1, -0.05) is 39.0 Å². The van der Waals surface area contributed by atoms with Gasteiger partial charge in [-0.15, -0.1) is 0 Å². The summed E-state index contributed by atoms with van der Waals surface area (Å²) in [6.07, 6.45) is 5.91. The predicted octanol–water partition coefficient (Wildman–Crippen LogP) is 2.20. The lowest BCUT2D eigenvalue weighted by Crippen LogP contribution is -2.25. The molecule has 0 rings (SSSR count). The first-order valence-electron chi connectivity index (χ1n) is 7.22. The van der Waals surface area contributed by atoms with E-state index in [0.29, 0.717) is 0 Å². The number of unbranched alkanes of at least 4 members (excludes halogenated alkanes) is 4. The second-order valence-corrected chi connectivity index (χ2v) is 5.01. The van der Waals surface area contributed by atoms with Gasteiger partial charge in [-0.25, -0.2) is 0 Å². The second-order valence-electron chi connectivity index (χ2n) is 5.01. The summed E-state index contributed by atoms with van der Waals surface area (Å²) in [6.45, 7) is 4.07. The number of rotatable bonds is 12. The predicted molar refractivity (Wildman–Crippen MR) is 72.3 cm³/mol. The third kappa shape index (κ3) is 11.0. The van der Waals surface area contributed by atoms with E-state index < -0.39 is 12.4 Å². The Morgan fingerprint density at radius 3 is 2.28 bits per heavy atom. The SMILES string of the molecule is CCCCCCCC(C)OC(O)CC(O)CCO. The molecule has 0 fully saturated rings. The maximum absolute atomic E-state index is 9.59. The maximum Gasteiger partial charge on any atom is 0.157 e. The van der Waals surface area contributed by atoms with Gasteiger partial charge in [0.15, 0.2) is 6.29 Å². The van der Waals surface area contributed by atoms with Gasteiger partial charge in [-0.2, -0.15) is 0 Å². The summed E-state index contributed by atoms with van der Waals surface area (Å²) in [5, 5.41) is 27.6. The lowest BCUT2D eigenvalue weighted by atomic mass is 10.1. The first kappa shape index (κ1) is 17.8. The average Bonchev–Trinajstić information content (AvgIpc) is 2.28. The largest absolute Gasteiger partial charge is 0.396 e. The van der Waals surface area contributed by atoms with E-state index in [1.54, 1.807) is 0 Å². The number of aliphatic hydroxyl groups is 3. The van der Waals surface area contributed by atoms with Crippen LogP contribution in [0.1, 0.15) is 65.2 Å². The van der Waals surface area contributed by atoms with E-state index in [1.807, 2.05) is 6.92 Å². The lowest BCUT2D eigenvalue weighted by Gasteiger charge is -2.20. The number of hydrogen-bond donors (Lipinski definition) is 3. The minimum absolute atomic E-state index is 0.0166. The molecule has 0 spiro atoms. The minimum atomic E-state index is -0.933. The van der Waals surface area contributed by atoms with E-state index in [4.69, 9.17) is 9.84 Å². The lowest BCUT2D eigenvalue weighted by molar-refractivity contribution is -0.149. The molecule has 0 bridgehead atoms. The Balaban J connectivity index is 3.51. The van der Waals surface area contributed by atoms with Gasteiger partial charge in [0.2, 0.25) is 0 Å². The molecular formula is C14H30O4. The highest BCUT2D eigenvalue weighted by molar-refractivity contribution is 4.59. The molecule has 110 valence electrons. The molecule has 3 unspecified atom stereocenters. The summed E-state index contributed by atoms with van der Waals surface area (Å²) in [4.78, 5) is 0. The van der Waals surface area contributed by atoms with Crippen molar-refractivity contribution in [2.24, 2.45) is 0 Å². The highest BCUT2D eigenvalue weighted by Crippen LogP contribution is 2.12. The first-order valence-corrected chi connectivity index (χ1v) is 7.22. The molecule has 0 amide bonds. The van der Waals surface area contributed by atoms with Crippen molar-refractivity contribution in [1.29, 1.82) is 0 Å². The molecule has 4 nitrogen and oxygen atoms in total. The van der Waals surface area contributed by atoms with Crippen molar-refractivity contribution in [1.82, 2.24) is 0 Å². The molecule has 3 N–H and O–H groups in total. The Labute approximate surface area is 111 Å². The number of ether oxygens (including phenoxy) is 1. The van der Waals surface area contributed by atoms with E-state index in [2.05, 4.69) is 6.92 Å². The fourth-order valence-electron chi connectivity index (χ4n) is 1.93. The molecule has 0 aromatic heterocycles. The van der Waals surface area contributed by atoms with E-state index in [0.717, 1.165) is 12.8 Å². The van der Waals surface area contributed by atoms with Crippen LogP contribution in [0, 0.1) is 0 Å². The van der Waals surface area contributed by atoms with E-state index in [-0.39, 0.29) is 25.6 Å². The number of aliphatic hydroxyl groups excluding tert-OH is 3. The van der Waals surface area contributed by atoms with Gasteiger partial charge in [0.05, 0.1) is 12.2 Å². The maximum atomic E-state index is 9.59. The molecule has 0 aliphatic carbocycles. The zero-order chi connectivity index (χ0) is 13.8. The zero-order valence-electron chi connectivity index (χ0n) is 11.8. The molecule has 0 saturated carbocycles. The van der Waals surface area contributed by atoms with Crippen LogP contribution >= 0.6 is 0 Å². The van der Waals surface area contributed by atoms with E-state index >= 15 is 0 Å². The quantitative estimate of drug-likeness (QED) is 0.372. The fraction of sp³-hybridized carbons (Fsp3) is 1.00. The van der Waals surface area contributed by atoms with Gasteiger partial charge in [0.1, 0.15) is 0 Å². The molecule has 0 heterocycles. The number of hydrogen-bond acceptors (Lipinski definition) is 4. The molecule has 0 aromatic carbocycles. The fourth-order valence-corrected chi connectivity index (χ4v) is 1.93. The molecule has 0 aliphatic heterocycles. The van der Waals surface area contributed by atoms with Crippen LogP contribution in [0.3, 0.4) is 0 Å². The molecule has 0 saturated heterocycles. The van der Waals surface area contributed by atoms with Crippen LogP contribution < -0.4 is 0 Å². The van der Waals surface area contributed by atoms with Crippen LogP contribution in [0.25, 0.3) is 0 Å². The monoisotopic (exact) mass is 262 g/mol. The van der Waals surface area contributed by atoms with Crippen LogP contribution in [0.4, 0.5) is 0 Å². The topological polar surface area (TPSA) is 69.9 Å². The van der Waals surface area contributed by atoms with Gasteiger partial charge in [0, 0.05) is 13.0 Å². The van der Waals surface area contributed by atoms with Crippen molar-refractivity contribution >= 4 is 0 Å². The smallest absolute Gasteiger partial charge is 0.157 e. The summed E-state index contributed by atoms with van der Waals surface area (Å²) in [5.41, 5.74) is 0. The summed E-state index contributed by atoms with van der Waals surface area (Å²) in [5.74, 6) is 0. The summed E-state index contributed by atoms with van der Waals surface area (Å²) in [7, 11) is 0. The van der Waals surface area contributed by atoms with Crippen molar-refractivity contribution in [3.63, 3.8) is 0 Å². The summed E-state index contributed by atoms with van der Waals surface area (Å²) < 4.78 is 5.39. The Morgan fingerprint density at radius 1 is 1.00 bits per heavy atom. The normalized spacial score (nSPS) is 16.5. The van der Waals surface area contributed by atoms with Gasteiger partial charge in [0.25, 0.3) is 0 Å². The Morgan fingerprint density at radius 2 is 1.67 bits per heavy atom. The molecular weight excluding hydrogens is 232 g/mol. The van der Waals surface area contributed by atoms with Crippen molar-refractivity contribution in [2.45, 2.75) is 83.7 Å². The molecule has 0 aliphatic rings. The van der Waals surface area contributed by atoms with Gasteiger partial charge in [-0.3, -0.25) is 0 Å². The zero-order valence-corrected chi connectivity index (χ0v) is 11.8. The van der Waals surface area contributed by atoms with Gasteiger partial charge < -0.3 is 20.1 Å². The summed E-state index contributed by atoms with van der Waals surface area (Å²) >= 11 is 0. The second kappa shape index (κ2) is 11.9. The van der Waals surface area contributed by atoms with Crippen molar-refractivity contribution in [2.75, 3.05) is 6.61 Å². The van der Waals surface area contributed by atoms with Crippen molar-refractivity contribution in [3.05, 3.63) is 0 Å².